The molecule has 1 heterocycles. The van der Waals surface area contributed by atoms with Gasteiger partial charge in [-0.3, -0.25) is 4.90 Å². The Hall–Kier alpha value is -1.51. The lowest BCUT2D eigenvalue weighted by Crippen LogP contribution is -2.43. The van der Waals surface area contributed by atoms with Crippen LogP contribution in [0.15, 0.2) is 47.4 Å². The number of hydrogen-bond donors (Lipinski definition) is 1. The monoisotopic (exact) mass is 412 g/mol. The van der Waals surface area contributed by atoms with E-state index in [1.807, 2.05) is 18.2 Å². The van der Waals surface area contributed by atoms with Gasteiger partial charge in [-0.15, -0.1) is 0 Å². The Bertz CT molecular complexity index is 902. The second-order valence-corrected chi connectivity index (χ2v) is 8.68. The molecule has 1 atom stereocenters. The van der Waals surface area contributed by atoms with Crippen LogP contribution in [0.5, 0.6) is 0 Å². The molecule has 2 aromatic carbocycles. The molecule has 0 aromatic heterocycles. The standard InChI is InChI=1S/C19H22ClFN2O3S/c1-14-5-6-17(21)19(11-14)27(24,25)22-13-18(23-7-9-26-10-8-23)15-3-2-4-16(20)12-15/h2-6,11-12,18,22H,7-10,13H2,1H3. The van der Waals surface area contributed by atoms with Crippen molar-refractivity contribution >= 4 is 21.6 Å². The Labute approximate surface area is 164 Å². The molecule has 0 saturated carbocycles. The third kappa shape index (κ3) is 5.06. The SMILES string of the molecule is Cc1ccc(F)c(S(=O)(=O)NCC(c2cccc(Cl)c2)N2CCOCC2)c1. The zero-order chi connectivity index (χ0) is 19.4. The van der Waals surface area contributed by atoms with Gasteiger partial charge in [0.1, 0.15) is 10.7 Å². The molecule has 146 valence electrons. The maximum absolute atomic E-state index is 14.1. The predicted octanol–water partition coefficient (Wildman–Crippen LogP) is 3.14. The summed E-state index contributed by atoms with van der Waals surface area (Å²) in [6.45, 7) is 4.35. The van der Waals surface area contributed by atoms with Crippen molar-refractivity contribution < 1.29 is 17.5 Å². The first-order chi connectivity index (χ1) is 12.9. The van der Waals surface area contributed by atoms with E-state index in [0.29, 0.717) is 36.9 Å². The van der Waals surface area contributed by atoms with Crippen molar-refractivity contribution in [2.45, 2.75) is 17.9 Å². The number of rotatable bonds is 6. The Morgan fingerprint density at radius 1 is 1.22 bits per heavy atom. The summed E-state index contributed by atoms with van der Waals surface area (Å²) in [5, 5.41) is 0.582. The molecule has 0 amide bonds. The summed E-state index contributed by atoms with van der Waals surface area (Å²) in [5.74, 6) is -0.765. The van der Waals surface area contributed by atoms with Crippen molar-refractivity contribution in [2.24, 2.45) is 0 Å². The van der Waals surface area contributed by atoms with Crippen LogP contribution in [0.25, 0.3) is 0 Å². The van der Waals surface area contributed by atoms with Crippen molar-refractivity contribution in [3.63, 3.8) is 0 Å². The number of nitrogens with zero attached hydrogens (tertiary/aromatic N) is 1. The van der Waals surface area contributed by atoms with Gasteiger partial charge in [0.2, 0.25) is 10.0 Å². The molecule has 1 aliphatic rings. The second-order valence-electron chi connectivity index (χ2n) is 6.50. The number of sulfonamides is 1. The molecule has 1 unspecified atom stereocenters. The lowest BCUT2D eigenvalue weighted by atomic mass is 10.1. The highest BCUT2D eigenvalue weighted by Crippen LogP contribution is 2.25. The average Bonchev–Trinajstić information content (AvgIpc) is 2.65. The molecule has 1 N–H and O–H groups in total. The molecule has 0 aliphatic carbocycles. The predicted molar refractivity (Wildman–Crippen MR) is 103 cm³/mol. The molecule has 1 saturated heterocycles. The molecule has 1 fully saturated rings. The summed E-state index contributed by atoms with van der Waals surface area (Å²) in [4.78, 5) is 1.80. The van der Waals surface area contributed by atoms with Gasteiger partial charge in [-0.1, -0.05) is 29.8 Å². The van der Waals surface area contributed by atoms with Gasteiger partial charge in [0, 0.05) is 30.7 Å². The lowest BCUT2D eigenvalue weighted by molar-refractivity contribution is 0.0172. The number of nitrogens with one attached hydrogen (secondary N) is 1. The van der Waals surface area contributed by atoms with Crippen LogP contribution in [-0.2, 0) is 14.8 Å². The van der Waals surface area contributed by atoms with Gasteiger partial charge in [-0.2, -0.15) is 0 Å². The zero-order valence-electron chi connectivity index (χ0n) is 15.0. The summed E-state index contributed by atoms with van der Waals surface area (Å²) in [6.07, 6.45) is 0. The Balaban J connectivity index is 1.84. The first kappa shape index (κ1) is 20.2. The lowest BCUT2D eigenvalue weighted by Gasteiger charge is -2.35. The van der Waals surface area contributed by atoms with E-state index in [4.69, 9.17) is 16.3 Å². The van der Waals surface area contributed by atoms with Crippen molar-refractivity contribution in [3.05, 3.63) is 64.4 Å². The zero-order valence-corrected chi connectivity index (χ0v) is 16.6. The minimum Gasteiger partial charge on any atom is -0.379 e. The Morgan fingerprint density at radius 3 is 2.67 bits per heavy atom. The average molecular weight is 413 g/mol. The van der Waals surface area contributed by atoms with Gasteiger partial charge in [0.15, 0.2) is 0 Å². The molecule has 1 aliphatic heterocycles. The summed E-state index contributed by atoms with van der Waals surface area (Å²) in [7, 11) is -3.98. The molecular formula is C19H22ClFN2O3S. The van der Waals surface area contributed by atoms with Crippen LogP contribution in [0.1, 0.15) is 17.2 Å². The van der Waals surface area contributed by atoms with Crippen molar-refractivity contribution in [3.8, 4) is 0 Å². The van der Waals surface area contributed by atoms with Crippen LogP contribution in [-0.4, -0.2) is 46.2 Å². The van der Waals surface area contributed by atoms with Crippen LogP contribution in [0, 0.1) is 12.7 Å². The quantitative estimate of drug-likeness (QED) is 0.791. The number of halogens is 2. The molecule has 8 heteroatoms. The van der Waals surface area contributed by atoms with Crippen molar-refractivity contribution in [2.75, 3.05) is 32.8 Å². The third-order valence-electron chi connectivity index (χ3n) is 4.56. The van der Waals surface area contributed by atoms with Gasteiger partial charge >= 0.3 is 0 Å². The van der Waals surface area contributed by atoms with E-state index in [0.717, 1.165) is 5.56 Å². The fourth-order valence-electron chi connectivity index (χ4n) is 3.14. The molecular weight excluding hydrogens is 391 g/mol. The number of aryl methyl sites for hydroxylation is 1. The fourth-order valence-corrected chi connectivity index (χ4v) is 4.54. The first-order valence-corrected chi connectivity index (χ1v) is 10.6. The van der Waals surface area contributed by atoms with E-state index in [9.17, 15) is 12.8 Å². The number of benzene rings is 2. The molecule has 0 radical (unpaired) electrons. The van der Waals surface area contributed by atoms with Crippen LogP contribution in [0.2, 0.25) is 5.02 Å². The maximum Gasteiger partial charge on any atom is 0.243 e. The number of ether oxygens (including phenoxy) is 1. The summed E-state index contributed by atoms with van der Waals surface area (Å²) in [5.41, 5.74) is 1.58. The van der Waals surface area contributed by atoms with Crippen LogP contribution in [0.4, 0.5) is 4.39 Å². The summed E-state index contributed by atoms with van der Waals surface area (Å²) >= 11 is 6.12. The van der Waals surface area contributed by atoms with E-state index in [2.05, 4.69) is 9.62 Å². The first-order valence-electron chi connectivity index (χ1n) is 8.70. The highest BCUT2D eigenvalue weighted by Gasteiger charge is 2.26. The summed E-state index contributed by atoms with van der Waals surface area (Å²) in [6, 6.07) is 11.2. The maximum atomic E-state index is 14.1. The number of hydrogen-bond acceptors (Lipinski definition) is 4. The highest BCUT2D eigenvalue weighted by molar-refractivity contribution is 7.89. The molecule has 2 aromatic rings. The van der Waals surface area contributed by atoms with Gasteiger partial charge < -0.3 is 4.74 Å². The molecule has 0 spiro atoms. The minimum atomic E-state index is -3.98. The third-order valence-corrected chi connectivity index (χ3v) is 6.24. The van der Waals surface area contributed by atoms with E-state index in [-0.39, 0.29) is 17.5 Å². The molecule has 5 nitrogen and oxygen atoms in total. The van der Waals surface area contributed by atoms with E-state index in [1.54, 1.807) is 13.0 Å². The van der Waals surface area contributed by atoms with Gasteiger partial charge in [-0.25, -0.2) is 17.5 Å². The molecule has 27 heavy (non-hydrogen) atoms. The smallest absolute Gasteiger partial charge is 0.243 e. The largest absolute Gasteiger partial charge is 0.379 e. The van der Waals surface area contributed by atoms with Gasteiger partial charge in [0.05, 0.1) is 13.2 Å². The van der Waals surface area contributed by atoms with Crippen molar-refractivity contribution in [1.29, 1.82) is 0 Å². The second kappa shape index (κ2) is 8.67. The van der Waals surface area contributed by atoms with Crippen LogP contribution in [0.3, 0.4) is 0 Å². The van der Waals surface area contributed by atoms with Crippen LogP contribution < -0.4 is 4.72 Å². The topological polar surface area (TPSA) is 58.6 Å². The Morgan fingerprint density at radius 2 is 1.96 bits per heavy atom. The van der Waals surface area contributed by atoms with Gasteiger partial charge in [0.25, 0.3) is 0 Å². The highest BCUT2D eigenvalue weighted by atomic mass is 35.5. The molecule has 3 rings (SSSR count). The van der Waals surface area contributed by atoms with Gasteiger partial charge in [-0.05, 0) is 42.3 Å². The van der Waals surface area contributed by atoms with E-state index in [1.165, 1.54) is 18.2 Å². The van der Waals surface area contributed by atoms with E-state index >= 15 is 0 Å². The fraction of sp³-hybridized carbons (Fsp3) is 0.368. The normalized spacial score (nSPS) is 17.0. The Kier molecular flexibility index (Phi) is 6.49. The van der Waals surface area contributed by atoms with Crippen molar-refractivity contribution in [1.82, 2.24) is 9.62 Å². The number of morpholine rings is 1. The van der Waals surface area contributed by atoms with E-state index < -0.39 is 15.8 Å². The molecule has 0 bridgehead atoms. The minimum absolute atomic E-state index is 0.107. The summed E-state index contributed by atoms with van der Waals surface area (Å²) < 4.78 is 47.4. The van der Waals surface area contributed by atoms with Crippen LogP contribution >= 0.6 is 11.6 Å².